The van der Waals surface area contributed by atoms with Crippen LogP contribution in [0.25, 0.3) is 0 Å². The maximum absolute atomic E-state index is 12.6. The summed E-state index contributed by atoms with van der Waals surface area (Å²) in [4.78, 5) is 15.1. The van der Waals surface area contributed by atoms with Gasteiger partial charge in [0.05, 0.1) is 0 Å². The number of hydrogen-bond donors (Lipinski definition) is 2. The molecule has 0 spiro atoms. The van der Waals surface area contributed by atoms with Gasteiger partial charge < -0.3 is 11.1 Å². The van der Waals surface area contributed by atoms with Crippen LogP contribution in [0.3, 0.4) is 0 Å². The SMILES string of the molecule is CC1CCCN(Cc2ccc(CNC(=O)C(C)(N)c3ccccc3)cc2)C1. The normalized spacial score (nSPS) is 20.0. The van der Waals surface area contributed by atoms with Crippen LogP contribution in [-0.4, -0.2) is 23.9 Å². The van der Waals surface area contributed by atoms with Crippen LogP contribution in [0.15, 0.2) is 54.6 Å². The average molecular weight is 366 g/mol. The van der Waals surface area contributed by atoms with E-state index >= 15 is 0 Å². The number of nitrogens with zero attached hydrogens (tertiary/aromatic N) is 1. The number of piperidine rings is 1. The van der Waals surface area contributed by atoms with Gasteiger partial charge in [0.1, 0.15) is 5.54 Å². The molecule has 0 saturated carbocycles. The Morgan fingerprint density at radius 2 is 1.81 bits per heavy atom. The molecular formula is C23H31N3O. The molecule has 2 unspecified atom stereocenters. The van der Waals surface area contributed by atoms with Gasteiger partial charge in [0.2, 0.25) is 5.91 Å². The highest BCUT2D eigenvalue weighted by Gasteiger charge is 2.29. The van der Waals surface area contributed by atoms with Gasteiger partial charge in [-0.1, -0.05) is 61.5 Å². The summed E-state index contributed by atoms with van der Waals surface area (Å²) in [6.45, 7) is 7.95. The number of carbonyl (C=O) groups excluding carboxylic acids is 1. The first-order valence-corrected chi connectivity index (χ1v) is 9.88. The number of benzene rings is 2. The van der Waals surface area contributed by atoms with E-state index in [0.717, 1.165) is 23.6 Å². The first-order valence-electron chi connectivity index (χ1n) is 9.88. The fourth-order valence-electron chi connectivity index (χ4n) is 3.73. The second-order valence-corrected chi connectivity index (χ2v) is 8.05. The molecule has 144 valence electrons. The van der Waals surface area contributed by atoms with Crippen molar-refractivity contribution in [2.45, 2.75) is 45.3 Å². The molecule has 3 N–H and O–H groups in total. The molecule has 27 heavy (non-hydrogen) atoms. The zero-order valence-corrected chi connectivity index (χ0v) is 16.4. The summed E-state index contributed by atoms with van der Waals surface area (Å²) < 4.78 is 0. The highest BCUT2D eigenvalue weighted by molar-refractivity contribution is 5.86. The summed E-state index contributed by atoms with van der Waals surface area (Å²) in [6, 6.07) is 18.0. The van der Waals surface area contributed by atoms with Crippen molar-refractivity contribution in [3.05, 3.63) is 71.3 Å². The lowest BCUT2D eigenvalue weighted by atomic mass is 9.92. The lowest BCUT2D eigenvalue weighted by molar-refractivity contribution is -0.126. The molecule has 2 atom stereocenters. The predicted molar refractivity (Wildman–Crippen MR) is 110 cm³/mol. The van der Waals surface area contributed by atoms with Crippen LogP contribution < -0.4 is 11.1 Å². The van der Waals surface area contributed by atoms with Crippen LogP contribution in [0.1, 0.15) is 43.4 Å². The fourth-order valence-corrected chi connectivity index (χ4v) is 3.73. The third-order valence-corrected chi connectivity index (χ3v) is 5.47. The van der Waals surface area contributed by atoms with Crippen molar-refractivity contribution >= 4 is 5.91 Å². The quantitative estimate of drug-likeness (QED) is 0.825. The number of nitrogens with one attached hydrogen (secondary N) is 1. The number of likely N-dealkylation sites (tertiary alicyclic amines) is 1. The van der Waals surface area contributed by atoms with Gasteiger partial charge >= 0.3 is 0 Å². The molecule has 2 aromatic rings. The zero-order chi connectivity index (χ0) is 19.3. The molecule has 1 amide bonds. The smallest absolute Gasteiger partial charge is 0.244 e. The van der Waals surface area contributed by atoms with E-state index in [1.54, 1.807) is 6.92 Å². The van der Waals surface area contributed by atoms with Gasteiger partial charge in [-0.2, -0.15) is 0 Å². The minimum atomic E-state index is -1.04. The van der Waals surface area contributed by atoms with Crippen LogP contribution in [0.2, 0.25) is 0 Å². The fraction of sp³-hybridized carbons (Fsp3) is 0.435. The lowest BCUT2D eigenvalue weighted by Gasteiger charge is -2.30. The summed E-state index contributed by atoms with van der Waals surface area (Å²) >= 11 is 0. The number of hydrogen-bond acceptors (Lipinski definition) is 3. The van der Waals surface area contributed by atoms with Crippen molar-refractivity contribution in [3.63, 3.8) is 0 Å². The Morgan fingerprint density at radius 1 is 1.15 bits per heavy atom. The Kier molecular flexibility index (Phi) is 6.30. The summed E-state index contributed by atoms with van der Waals surface area (Å²) in [5.74, 6) is 0.628. The van der Waals surface area contributed by atoms with Crippen LogP contribution in [0, 0.1) is 5.92 Å². The van der Waals surface area contributed by atoms with Crippen LogP contribution in [0.5, 0.6) is 0 Å². The second-order valence-electron chi connectivity index (χ2n) is 8.05. The maximum atomic E-state index is 12.6. The van der Waals surface area contributed by atoms with Crippen molar-refractivity contribution in [1.82, 2.24) is 10.2 Å². The average Bonchev–Trinajstić information content (AvgIpc) is 2.68. The Labute approximate surface area is 162 Å². The highest BCUT2D eigenvalue weighted by Crippen LogP contribution is 2.19. The van der Waals surface area contributed by atoms with Crippen LogP contribution in [-0.2, 0) is 23.4 Å². The highest BCUT2D eigenvalue weighted by atomic mass is 16.2. The molecule has 2 aromatic carbocycles. The van der Waals surface area contributed by atoms with Crippen molar-refractivity contribution in [3.8, 4) is 0 Å². The summed E-state index contributed by atoms with van der Waals surface area (Å²) in [5.41, 5.74) is 8.46. The third kappa shape index (κ3) is 5.18. The number of rotatable bonds is 6. The van der Waals surface area contributed by atoms with E-state index in [2.05, 4.69) is 41.4 Å². The molecule has 0 bridgehead atoms. The molecule has 1 aliphatic heterocycles. The first kappa shape index (κ1) is 19.6. The third-order valence-electron chi connectivity index (χ3n) is 5.47. The zero-order valence-electron chi connectivity index (χ0n) is 16.4. The Bertz CT molecular complexity index is 740. The first-order chi connectivity index (χ1) is 12.9. The number of nitrogens with two attached hydrogens (primary N) is 1. The van der Waals surface area contributed by atoms with Gasteiger partial charge in [-0.15, -0.1) is 0 Å². The second kappa shape index (κ2) is 8.68. The largest absolute Gasteiger partial charge is 0.350 e. The van der Waals surface area contributed by atoms with Gasteiger partial charge in [0.25, 0.3) is 0 Å². The standard InChI is InChI=1S/C23H31N3O/c1-18-7-6-14-26(16-18)17-20-12-10-19(11-13-20)15-25-22(27)23(2,24)21-8-4-3-5-9-21/h3-5,8-13,18H,6-7,14-17,24H2,1-2H3,(H,25,27). The Hall–Kier alpha value is -2.17. The topological polar surface area (TPSA) is 58.4 Å². The van der Waals surface area contributed by atoms with Gasteiger partial charge in [0.15, 0.2) is 0 Å². The summed E-state index contributed by atoms with van der Waals surface area (Å²) in [6.07, 6.45) is 2.64. The van der Waals surface area contributed by atoms with Gasteiger partial charge in [-0.25, -0.2) is 0 Å². The summed E-state index contributed by atoms with van der Waals surface area (Å²) in [7, 11) is 0. The molecule has 0 aliphatic carbocycles. The molecule has 0 radical (unpaired) electrons. The van der Waals surface area contributed by atoms with Crippen molar-refractivity contribution in [2.24, 2.45) is 11.7 Å². The minimum Gasteiger partial charge on any atom is -0.350 e. The van der Waals surface area contributed by atoms with E-state index in [4.69, 9.17) is 5.73 Å². The van der Waals surface area contributed by atoms with Crippen molar-refractivity contribution in [2.75, 3.05) is 13.1 Å². The van der Waals surface area contributed by atoms with E-state index in [0.29, 0.717) is 6.54 Å². The molecule has 0 aromatic heterocycles. The van der Waals surface area contributed by atoms with E-state index in [1.807, 2.05) is 30.3 Å². The Balaban J connectivity index is 1.53. The molecule has 4 nitrogen and oxygen atoms in total. The molecule has 3 rings (SSSR count). The van der Waals surface area contributed by atoms with Crippen LogP contribution >= 0.6 is 0 Å². The van der Waals surface area contributed by atoms with E-state index in [-0.39, 0.29) is 5.91 Å². The molecule has 1 saturated heterocycles. The summed E-state index contributed by atoms with van der Waals surface area (Å²) in [5, 5.41) is 2.97. The molecule has 1 aliphatic rings. The van der Waals surface area contributed by atoms with E-state index in [9.17, 15) is 4.79 Å². The predicted octanol–water partition coefficient (Wildman–Crippen LogP) is 3.41. The monoisotopic (exact) mass is 365 g/mol. The van der Waals surface area contributed by atoms with Gasteiger partial charge in [-0.3, -0.25) is 9.69 Å². The molecule has 4 heteroatoms. The molecule has 1 fully saturated rings. The van der Waals surface area contributed by atoms with E-state index in [1.165, 1.54) is 31.5 Å². The Morgan fingerprint density at radius 3 is 2.48 bits per heavy atom. The number of amides is 1. The van der Waals surface area contributed by atoms with Gasteiger partial charge in [-0.05, 0) is 48.9 Å². The molecular weight excluding hydrogens is 334 g/mol. The number of carbonyl (C=O) groups is 1. The molecule has 1 heterocycles. The maximum Gasteiger partial charge on any atom is 0.244 e. The van der Waals surface area contributed by atoms with E-state index < -0.39 is 5.54 Å². The van der Waals surface area contributed by atoms with Crippen molar-refractivity contribution in [1.29, 1.82) is 0 Å². The van der Waals surface area contributed by atoms with Gasteiger partial charge in [0, 0.05) is 19.6 Å². The minimum absolute atomic E-state index is 0.167. The van der Waals surface area contributed by atoms with Crippen molar-refractivity contribution < 1.29 is 4.79 Å². The van der Waals surface area contributed by atoms with Crippen LogP contribution in [0.4, 0.5) is 0 Å². The lowest BCUT2D eigenvalue weighted by Crippen LogP contribution is -2.48.